The maximum atomic E-state index is 12.7. The number of hydrogen-bond donors (Lipinski definition) is 1. The molecule has 1 rings (SSSR count). The zero-order valence-electron chi connectivity index (χ0n) is 9.25. The number of alkyl halides is 3. The minimum atomic E-state index is -3.63. The number of rotatable bonds is 4. The summed E-state index contributed by atoms with van der Waals surface area (Å²) in [7, 11) is 0. The highest BCUT2D eigenvalue weighted by atomic mass is 35.5. The summed E-state index contributed by atoms with van der Waals surface area (Å²) >= 11 is 4.79. The van der Waals surface area contributed by atoms with Crippen LogP contribution in [-0.2, 0) is 6.42 Å². The largest absolute Gasteiger partial charge is 0.381 e. The van der Waals surface area contributed by atoms with Gasteiger partial charge in [-0.25, -0.2) is 0 Å². The highest BCUT2D eigenvalue weighted by molar-refractivity contribution is 6.22. The monoisotopic (exact) mass is 248 g/mol. The average molecular weight is 249 g/mol. The van der Waals surface area contributed by atoms with Crippen LogP contribution in [0.25, 0.3) is 0 Å². The van der Waals surface area contributed by atoms with Gasteiger partial charge < -0.3 is 5.11 Å². The summed E-state index contributed by atoms with van der Waals surface area (Å²) in [4.78, 5) is 0. The van der Waals surface area contributed by atoms with E-state index < -0.39 is 11.5 Å². The minimum Gasteiger partial charge on any atom is -0.381 e. The molecule has 0 aliphatic heterocycles. The molecule has 1 nitrogen and oxygen atoms in total. The fourth-order valence-electron chi connectivity index (χ4n) is 1.55. The van der Waals surface area contributed by atoms with Crippen LogP contribution in [0.15, 0.2) is 24.3 Å². The van der Waals surface area contributed by atoms with E-state index in [0.717, 1.165) is 12.0 Å². The number of aliphatic hydroxyl groups excluding tert-OH is 1. The molecule has 1 N–H and O–H groups in total. The van der Waals surface area contributed by atoms with Gasteiger partial charge in [-0.15, -0.1) is 0 Å². The van der Waals surface area contributed by atoms with E-state index >= 15 is 0 Å². The predicted molar refractivity (Wildman–Crippen MR) is 60.7 cm³/mol. The Bertz CT molecular complexity index is 347. The number of aliphatic hydroxyl groups is 1. The molecule has 90 valence electrons. The van der Waals surface area contributed by atoms with E-state index in [4.69, 9.17) is 11.6 Å². The fraction of sp³-hybridized carbons (Fsp3) is 0.500. The quantitative estimate of drug-likeness (QED) is 0.805. The van der Waals surface area contributed by atoms with Gasteiger partial charge in [0.25, 0.3) is 0 Å². The van der Waals surface area contributed by atoms with Crippen LogP contribution in [0.2, 0.25) is 0 Å². The molecule has 0 aromatic heterocycles. The predicted octanol–water partition coefficient (Wildman–Crippen LogP) is 3.75. The van der Waals surface area contributed by atoms with Crippen LogP contribution in [0.4, 0.5) is 8.78 Å². The lowest BCUT2D eigenvalue weighted by Crippen LogP contribution is -2.19. The second-order valence-corrected chi connectivity index (χ2v) is 4.79. The van der Waals surface area contributed by atoms with Gasteiger partial charge in [-0.3, -0.25) is 0 Å². The Kier molecular flexibility index (Phi) is 4.28. The lowest BCUT2D eigenvalue weighted by molar-refractivity contribution is -0.0424. The molecule has 0 spiro atoms. The molecule has 0 bridgehead atoms. The zero-order chi connectivity index (χ0) is 12.3. The van der Waals surface area contributed by atoms with E-state index in [1.165, 1.54) is 6.07 Å². The smallest absolute Gasteiger partial charge is 0.351 e. The van der Waals surface area contributed by atoms with Crippen molar-refractivity contribution in [1.82, 2.24) is 0 Å². The van der Waals surface area contributed by atoms with Gasteiger partial charge in [-0.2, -0.15) is 8.78 Å². The van der Waals surface area contributed by atoms with Gasteiger partial charge in [0.1, 0.15) is 0 Å². The van der Waals surface area contributed by atoms with Crippen LogP contribution in [-0.4, -0.2) is 10.5 Å². The van der Waals surface area contributed by atoms with Gasteiger partial charge in [-0.1, -0.05) is 38.1 Å². The molecule has 0 heterocycles. The number of halogens is 3. The molecule has 0 aliphatic rings. The van der Waals surface area contributed by atoms with Crippen molar-refractivity contribution in [2.45, 2.75) is 31.8 Å². The molecule has 0 radical (unpaired) electrons. The minimum absolute atomic E-state index is 0.151. The summed E-state index contributed by atoms with van der Waals surface area (Å²) in [5.74, 6) is 0.434. The van der Waals surface area contributed by atoms with Gasteiger partial charge in [0, 0.05) is 0 Å². The van der Waals surface area contributed by atoms with Crippen LogP contribution in [0.5, 0.6) is 0 Å². The van der Waals surface area contributed by atoms with Crippen LogP contribution in [0.3, 0.4) is 0 Å². The normalized spacial score (nSPS) is 14.2. The van der Waals surface area contributed by atoms with Crippen molar-refractivity contribution in [3.8, 4) is 0 Å². The molecule has 4 heteroatoms. The maximum Gasteiger partial charge on any atom is 0.351 e. The van der Waals surface area contributed by atoms with Crippen LogP contribution in [0, 0.1) is 5.92 Å². The van der Waals surface area contributed by atoms with E-state index in [0.29, 0.717) is 5.92 Å². The maximum absolute atomic E-state index is 12.7. The second kappa shape index (κ2) is 5.11. The van der Waals surface area contributed by atoms with Crippen LogP contribution < -0.4 is 0 Å². The molecule has 1 unspecified atom stereocenters. The molecule has 1 aromatic rings. The highest BCUT2D eigenvalue weighted by Crippen LogP contribution is 2.35. The Morgan fingerprint density at radius 1 is 1.38 bits per heavy atom. The van der Waals surface area contributed by atoms with Gasteiger partial charge in [0.05, 0.1) is 0 Å². The van der Waals surface area contributed by atoms with Gasteiger partial charge in [0.2, 0.25) is 0 Å². The Morgan fingerprint density at radius 2 is 2.00 bits per heavy atom. The Hall–Kier alpha value is -0.670. The van der Waals surface area contributed by atoms with E-state index in [2.05, 4.69) is 0 Å². The first-order chi connectivity index (χ1) is 7.30. The summed E-state index contributed by atoms with van der Waals surface area (Å²) in [5, 5.41) is 5.71. The van der Waals surface area contributed by atoms with Crippen molar-refractivity contribution >= 4 is 11.6 Å². The third kappa shape index (κ3) is 3.72. The van der Waals surface area contributed by atoms with Crippen molar-refractivity contribution in [3.63, 3.8) is 0 Å². The zero-order valence-corrected chi connectivity index (χ0v) is 10.0. The molecule has 0 saturated heterocycles. The van der Waals surface area contributed by atoms with E-state index in [1.807, 2.05) is 19.9 Å². The molecule has 1 atom stereocenters. The third-order valence-electron chi connectivity index (χ3n) is 2.22. The first-order valence-corrected chi connectivity index (χ1v) is 5.52. The van der Waals surface area contributed by atoms with Crippen molar-refractivity contribution < 1.29 is 13.9 Å². The second-order valence-electron chi connectivity index (χ2n) is 4.29. The summed E-state index contributed by atoms with van der Waals surface area (Å²) in [6.45, 7) is 4.08. The highest BCUT2D eigenvalue weighted by Gasteiger charge is 2.36. The van der Waals surface area contributed by atoms with Crippen LogP contribution >= 0.6 is 11.6 Å². The first kappa shape index (κ1) is 13.4. The summed E-state index contributed by atoms with van der Waals surface area (Å²) < 4.78 is 25.4. The van der Waals surface area contributed by atoms with Crippen molar-refractivity contribution in [1.29, 1.82) is 0 Å². The van der Waals surface area contributed by atoms with Crippen molar-refractivity contribution in [2.24, 2.45) is 5.92 Å². The summed E-state index contributed by atoms with van der Waals surface area (Å²) in [5.41, 5.74) is 1.07. The molecule has 0 saturated carbocycles. The molecule has 0 aliphatic carbocycles. The first-order valence-electron chi connectivity index (χ1n) is 5.14. The molecule has 16 heavy (non-hydrogen) atoms. The van der Waals surface area contributed by atoms with Crippen LogP contribution in [0.1, 0.15) is 31.1 Å². The van der Waals surface area contributed by atoms with E-state index in [1.54, 1.807) is 12.1 Å². The van der Waals surface area contributed by atoms with Gasteiger partial charge >= 0.3 is 5.38 Å². The molecular weight excluding hydrogens is 234 g/mol. The number of hydrogen-bond acceptors (Lipinski definition) is 1. The van der Waals surface area contributed by atoms with Gasteiger partial charge in [0.15, 0.2) is 6.10 Å². The van der Waals surface area contributed by atoms with Gasteiger partial charge in [-0.05, 0) is 35.1 Å². The molecule has 0 amide bonds. The van der Waals surface area contributed by atoms with E-state index in [-0.39, 0.29) is 5.56 Å². The third-order valence-corrected chi connectivity index (χ3v) is 2.43. The molecular formula is C12H15ClF2O. The molecule has 0 fully saturated rings. The molecule has 1 aromatic carbocycles. The van der Waals surface area contributed by atoms with Crippen molar-refractivity contribution in [3.05, 3.63) is 35.4 Å². The Morgan fingerprint density at radius 3 is 2.50 bits per heavy atom. The summed E-state index contributed by atoms with van der Waals surface area (Å²) in [6.07, 6.45) is -1.17. The summed E-state index contributed by atoms with van der Waals surface area (Å²) in [6, 6.07) is 6.52. The van der Waals surface area contributed by atoms with E-state index in [9.17, 15) is 13.9 Å². The van der Waals surface area contributed by atoms with Crippen molar-refractivity contribution in [2.75, 3.05) is 0 Å². The fourth-order valence-corrected chi connectivity index (χ4v) is 1.68. The lowest BCUT2D eigenvalue weighted by atomic mass is 9.99. The standard InChI is InChI=1S/C12H15ClF2O/c1-8(2)6-9-4-3-5-10(7-9)11(16)12(13,14)15/h3-5,7-8,11,16H,6H2,1-2H3. The SMILES string of the molecule is CC(C)Cc1cccc(C(O)C(F)(F)Cl)c1. The Balaban J connectivity index is 2.90. The lowest BCUT2D eigenvalue weighted by Gasteiger charge is -2.17. The number of benzene rings is 1. The topological polar surface area (TPSA) is 20.2 Å². The Labute approximate surface area is 99.0 Å². The average Bonchev–Trinajstić information content (AvgIpc) is 2.14.